The van der Waals surface area contributed by atoms with Crippen molar-refractivity contribution in [1.29, 1.82) is 0 Å². The Hall–Kier alpha value is -2.48. The fourth-order valence-corrected chi connectivity index (χ4v) is 5.55. The molecule has 3 aromatic rings. The van der Waals surface area contributed by atoms with Crippen molar-refractivity contribution in [3.63, 3.8) is 0 Å². The highest BCUT2D eigenvalue weighted by Crippen LogP contribution is 2.29. The highest BCUT2D eigenvalue weighted by atomic mass is 32.2. The molecule has 0 saturated carbocycles. The lowest BCUT2D eigenvalue weighted by atomic mass is 10.1. The van der Waals surface area contributed by atoms with E-state index in [0.29, 0.717) is 13.0 Å². The molecule has 1 atom stereocenters. The smallest absolute Gasteiger partial charge is 0.152 e. The monoisotopic (exact) mass is 385 g/mol. The zero-order valence-electron chi connectivity index (χ0n) is 15.8. The van der Waals surface area contributed by atoms with Gasteiger partial charge >= 0.3 is 0 Å². The minimum atomic E-state index is -2.94. The first-order valence-corrected chi connectivity index (χ1v) is 10.8. The summed E-state index contributed by atoms with van der Waals surface area (Å²) in [6, 6.07) is 7.88. The molecule has 0 bridgehead atoms. The first kappa shape index (κ1) is 17.9. The minimum absolute atomic E-state index is 0.0624. The lowest BCUT2D eigenvalue weighted by molar-refractivity contribution is 0.485. The van der Waals surface area contributed by atoms with E-state index in [-0.39, 0.29) is 17.5 Å². The van der Waals surface area contributed by atoms with E-state index in [9.17, 15) is 8.42 Å². The lowest BCUT2D eigenvalue weighted by Gasteiger charge is -2.20. The number of nitrogens with zero attached hydrogens (tertiary/aromatic N) is 5. The summed E-state index contributed by atoms with van der Waals surface area (Å²) in [4.78, 5) is 10.9. The van der Waals surface area contributed by atoms with Crippen LogP contribution in [-0.4, -0.2) is 46.7 Å². The van der Waals surface area contributed by atoms with Crippen molar-refractivity contribution in [1.82, 2.24) is 19.7 Å². The van der Waals surface area contributed by atoms with Gasteiger partial charge < -0.3 is 4.90 Å². The Kier molecular flexibility index (Phi) is 4.38. The molecule has 0 radical (unpaired) electrons. The summed E-state index contributed by atoms with van der Waals surface area (Å²) in [6.45, 7) is 4.65. The molecule has 27 heavy (non-hydrogen) atoms. The molecule has 0 amide bonds. The van der Waals surface area contributed by atoms with Crippen LogP contribution in [0, 0.1) is 13.8 Å². The Bertz CT molecular complexity index is 1100. The molecule has 8 heteroatoms. The number of hydrogen-bond donors (Lipinski definition) is 0. The number of aryl methyl sites for hydroxylation is 1. The molecule has 1 aromatic carbocycles. The highest BCUT2D eigenvalue weighted by Gasteiger charge is 2.31. The minimum Gasteiger partial charge on any atom is -0.355 e. The van der Waals surface area contributed by atoms with Gasteiger partial charge in [-0.25, -0.2) is 18.4 Å². The molecule has 4 rings (SSSR count). The first-order chi connectivity index (χ1) is 12.9. The van der Waals surface area contributed by atoms with E-state index in [2.05, 4.69) is 20.0 Å². The molecule has 1 unspecified atom stereocenters. The SMILES string of the molecule is Cc1nn(C2CCS(=O)(=O)C2)c(C)c1CN(C)c1ncnc2ccccc12. The molecule has 1 fully saturated rings. The molecular weight excluding hydrogens is 362 g/mol. The fraction of sp³-hybridized carbons (Fsp3) is 0.421. The zero-order valence-corrected chi connectivity index (χ0v) is 16.6. The second kappa shape index (κ2) is 6.60. The number of sulfone groups is 1. The van der Waals surface area contributed by atoms with Crippen LogP contribution in [0.4, 0.5) is 5.82 Å². The zero-order chi connectivity index (χ0) is 19.2. The van der Waals surface area contributed by atoms with Crippen LogP contribution in [0.1, 0.15) is 29.4 Å². The number of anilines is 1. The number of fused-ring (bicyclic) bond motifs is 1. The normalized spacial score (nSPS) is 18.9. The lowest BCUT2D eigenvalue weighted by Crippen LogP contribution is -2.19. The summed E-state index contributed by atoms with van der Waals surface area (Å²) in [5, 5.41) is 5.67. The fourth-order valence-electron chi connectivity index (χ4n) is 3.86. The second-order valence-corrected chi connectivity index (χ2v) is 9.45. The van der Waals surface area contributed by atoms with Gasteiger partial charge in [-0.15, -0.1) is 0 Å². The van der Waals surface area contributed by atoms with E-state index in [4.69, 9.17) is 0 Å². The van der Waals surface area contributed by atoms with Gasteiger partial charge in [-0.3, -0.25) is 4.68 Å². The van der Waals surface area contributed by atoms with Gasteiger partial charge in [0.2, 0.25) is 0 Å². The van der Waals surface area contributed by atoms with Gasteiger partial charge in [0.05, 0.1) is 28.8 Å². The maximum atomic E-state index is 11.8. The third-order valence-corrected chi connectivity index (χ3v) is 7.06. The highest BCUT2D eigenvalue weighted by molar-refractivity contribution is 7.91. The van der Waals surface area contributed by atoms with Gasteiger partial charge in [-0.2, -0.15) is 5.10 Å². The summed E-state index contributed by atoms with van der Waals surface area (Å²) in [7, 11) is -0.938. The Labute approximate surface area is 159 Å². The molecular formula is C19H23N5O2S. The number of benzene rings is 1. The number of rotatable bonds is 4. The Balaban J connectivity index is 1.65. The molecule has 2 aromatic heterocycles. The number of para-hydroxylation sites is 1. The Morgan fingerprint density at radius 1 is 1.22 bits per heavy atom. The molecule has 142 valence electrons. The molecule has 1 aliphatic rings. The van der Waals surface area contributed by atoms with E-state index < -0.39 is 9.84 Å². The molecule has 7 nitrogen and oxygen atoms in total. The molecule has 0 N–H and O–H groups in total. The third-order valence-electron chi connectivity index (χ3n) is 5.31. The van der Waals surface area contributed by atoms with Crippen LogP contribution in [-0.2, 0) is 16.4 Å². The predicted octanol–water partition coefficient (Wildman–Crippen LogP) is 2.44. The van der Waals surface area contributed by atoms with Gasteiger partial charge in [-0.1, -0.05) is 12.1 Å². The van der Waals surface area contributed by atoms with Gasteiger partial charge in [-0.05, 0) is 32.4 Å². The van der Waals surface area contributed by atoms with Gasteiger partial charge in [0.1, 0.15) is 12.1 Å². The number of aromatic nitrogens is 4. The molecule has 1 saturated heterocycles. The molecule has 1 aliphatic heterocycles. The van der Waals surface area contributed by atoms with Crippen LogP contribution in [0.15, 0.2) is 30.6 Å². The largest absolute Gasteiger partial charge is 0.355 e. The average molecular weight is 385 g/mol. The van der Waals surface area contributed by atoms with Crippen LogP contribution in [0.2, 0.25) is 0 Å². The topological polar surface area (TPSA) is 81.0 Å². The van der Waals surface area contributed by atoms with Gasteiger partial charge in [0, 0.05) is 30.2 Å². The second-order valence-electron chi connectivity index (χ2n) is 7.22. The van der Waals surface area contributed by atoms with Crippen LogP contribution >= 0.6 is 0 Å². The predicted molar refractivity (Wildman–Crippen MR) is 106 cm³/mol. The maximum absolute atomic E-state index is 11.8. The van der Waals surface area contributed by atoms with Crippen molar-refractivity contribution in [2.75, 3.05) is 23.5 Å². The summed E-state index contributed by atoms with van der Waals surface area (Å²) in [5.41, 5.74) is 3.99. The van der Waals surface area contributed by atoms with Crippen molar-refractivity contribution in [2.45, 2.75) is 32.9 Å². The van der Waals surface area contributed by atoms with Gasteiger partial charge in [0.15, 0.2) is 9.84 Å². The van der Waals surface area contributed by atoms with E-state index in [0.717, 1.165) is 33.7 Å². The van der Waals surface area contributed by atoms with E-state index >= 15 is 0 Å². The summed E-state index contributed by atoms with van der Waals surface area (Å²) in [6.07, 6.45) is 2.22. The standard InChI is InChI=1S/C19H23N5O2S/c1-13-17(14(2)24(22-13)15-8-9-27(25,26)11-15)10-23(3)19-16-6-4-5-7-18(16)20-12-21-19/h4-7,12,15H,8-11H2,1-3H3. The van der Waals surface area contributed by atoms with E-state index in [1.807, 2.05) is 49.8 Å². The van der Waals surface area contributed by atoms with Crippen LogP contribution in [0.5, 0.6) is 0 Å². The summed E-state index contributed by atoms with van der Waals surface area (Å²) in [5.74, 6) is 1.30. The maximum Gasteiger partial charge on any atom is 0.152 e. The molecule has 3 heterocycles. The van der Waals surface area contributed by atoms with Crippen LogP contribution in [0.25, 0.3) is 10.9 Å². The van der Waals surface area contributed by atoms with Crippen molar-refractivity contribution in [3.05, 3.63) is 47.5 Å². The summed E-state index contributed by atoms with van der Waals surface area (Å²) >= 11 is 0. The van der Waals surface area contributed by atoms with Crippen LogP contribution in [0.3, 0.4) is 0 Å². The Morgan fingerprint density at radius 2 is 2.00 bits per heavy atom. The van der Waals surface area contributed by atoms with E-state index in [1.165, 1.54) is 0 Å². The van der Waals surface area contributed by atoms with Crippen LogP contribution < -0.4 is 4.90 Å². The van der Waals surface area contributed by atoms with Crippen molar-refractivity contribution < 1.29 is 8.42 Å². The molecule has 0 spiro atoms. The van der Waals surface area contributed by atoms with Crippen molar-refractivity contribution in [3.8, 4) is 0 Å². The molecule has 0 aliphatic carbocycles. The average Bonchev–Trinajstić information content (AvgIpc) is 3.14. The van der Waals surface area contributed by atoms with E-state index in [1.54, 1.807) is 6.33 Å². The quantitative estimate of drug-likeness (QED) is 0.686. The van der Waals surface area contributed by atoms with Gasteiger partial charge in [0.25, 0.3) is 0 Å². The Morgan fingerprint density at radius 3 is 2.74 bits per heavy atom. The third kappa shape index (κ3) is 3.29. The van der Waals surface area contributed by atoms with Crippen molar-refractivity contribution in [2.24, 2.45) is 0 Å². The summed E-state index contributed by atoms with van der Waals surface area (Å²) < 4.78 is 25.6. The number of hydrogen-bond acceptors (Lipinski definition) is 6. The first-order valence-electron chi connectivity index (χ1n) is 9.01. The van der Waals surface area contributed by atoms with Crippen molar-refractivity contribution >= 4 is 26.6 Å².